The Hall–Kier alpha value is -0.0700. The fourth-order valence-electron chi connectivity index (χ4n) is 0.368. The highest BCUT2D eigenvalue weighted by molar-refractivity contribution is 7.80. The zero-order valence-corrected chi connectivity index (χ0v) is 5.87. The van der Waals surface area contributed by atoms with Crippen LogP contribution in [-0.2, 0) is 11.1 Å². The number of aliphatic hydroxyl groups is 1. The van der Waals surface area contributed by atoms with Gasteiger partial charge in [0.2, 0.25) is 0 Å². The second-order valence-electron chi connectivity index (χ2n) is 1.70. The summed E-state index contributed by atoms with van der Waals surface area (Å²) in [6.45, 7) is -0.424. The third-order valence-corrected chi connectivity index (χ3v) is 1.56. The van der Waals surface area contributed by atoms with E-state index in [2.05, 4.69) is 0 Å². The maximum Gasteiger partial charge on any atom is 0.309 e. The van der Waals surface area contributed by atoms with E-state index >= 15 is 0 Å². The summed E-state index contributed by atoms with van der Waals surface area (Å²) in [6, 6.07) is 0. The summed E-state index contributed by atoms with van der Waals surface area (Å²) in [4.78, 5) is 0. The normalized spacial score (nSPS) is 15.2. The summed E-state index contributed by atoms with van der Waals surface area (Å²) >= 11 is -3.37. The van der Waals surface area contributed by atoms with Crippen molar-refractivity contribution < 1.29 is 22.6 Å². The minimum absolute atomic E-state index is 0.207. The lowest BCUT2D eigenvalue weighted by Crippen LogP contribution is -2.22. The highest BCUT2D eigenvalue weighted by Gasteiger charge is 2.29. The first kappa shape index (κ1) is 9.93. The first-order valence-electron chi connectivity index (χ1n) is 2.59. The summed E-state index contributed by atoms with van der Waals surface area (Å²) in [5.41, 5.74) is 0. The van der Waals surface area contributed by atoms with Gasteiger partial charge in [-0.25, -0.2) is 0 Å². The van der Waals surface area contributed by atoms with Crippen LogP contribution in [-0.4, -0.2) is 25.7 Å². The summed E-state index contributed by atoms with van der Waals surface area (Å²) < 4.78 is 43.4. The minimum Gasteiger partial charge on any atom is -0.768 e. The number of hydrogen-bond acceptors (Lipinski definition) is 3. The molecule has 62 valence electrons. The van der Waals surface area contributed by atoms with Crippen LogP contribution in [0.25, 0.3) is 0 Å². The van der Waals surface area contributed by atoms with E-state index in [-0.39, 0.29) is 6.42 Å². The number of aliphatic hydroxyl groups excluding tert-OH is 1. The van der Waals surface area contributed by atoms with Gasteiger partial charge >= 0.3 is 5.25 Å². The Bertz CT molecular complexity index is 128. The third kappa shape index (κ3) is 3.19. The molecule has 10 heavy (non-hydrogen) atoms. The van der Waals surface area contributed by atoms with Crippen LogP contribution >= 0.6 is 0 Å². The van der Waals surface area contributed by atoms with Gasteiger partial charge in [0.1, 0.15) is 0 Å². The molecule has 0 fully saturated rings. The molecule has 0 aliphatic rings. The Labute approximate surface area is 59.3 Å². The highest BCUT2D eigenvalue weighted by atomic mass is 32.2. The van der Waals surface area contributed by atoms with Crippen LogP contribution in [0.5, 0.6) is 0 Å². The van der Waals surface area contributed by atoms with Gasteiger partial charge in [0.05, 0.1) is 0 Å². The Kier molecular flexibility index (Phi) is 3.92. The van der Waals surface area contributed by atoms with Crippen LogP contribution in [0.3, 0.4) is 0 Å². The first-order valence-corrected chi connectivity index (χ1v) is 3.66. The topological polar surface area (TPSA) is 60.4 Å². The molecule has 0 heterocycles. The molecule has 3 nitrogen and oxygen atoms in total. The molecule has 0 amide bonds. The predicted octanol–water partition coefficient (Wildman–Crippen LogP) is 0.231. The molecule has 0 spiro atoms. The van der Waals surface area contributed by atoms with Crippen molar-refractivity contribution in [2.75, 3.05) is 6.61 Å². The van der Waals surface area contributed by atoms with Crippen molar-refractivity contribution in [3.63, 3.8) is 0 Å². The molecule has 0 bridgehead atoms. The van der Waals surface area contributed by atoms with E-state index in [9.17, 15) is 17.5 Å². The number of halogens is 2. The van der Waals surface area contributed by atoms with Crippen LogP contribution in [0.2, 0.25) is 0 Å². The monoisotopic (exact) mass is 173 g/mol. The number of alkyl halides is 2. The van der Waals surface area contributed by atoms with E-state index in [0.717, 1.165) is 0 Å². The third-order valence-electron chi connectivity index (χ3n) is 0.870. The highest BCUT2D eigenvalue weighted by Crippen LogP contribution is 2.22. The van der Waals surface area contributed by atoms with Crippen molar-refractivity contribution >= 4 is 11.1 Å². The van der Waals surface area contributed by atoms with E-state index in [4.69, 9.17) is 5.11 Å². The van der Waals surface area contributed by atoms with E-state index in [1.807, 2.05) is 0 Å². The van der Waals surface area contributed by atoms with Crippen LogP contribution in [0.1, 0.15) is 12.8 Å². The lowest BCUT2D eigenvalue weighted by Gasteiger charge is -2.17. The van der Waals surface area contributed by atoms with Gasteiger partial charge in [-0.15, -0.1) is 0 Å². The van der Waals surface area contributed by atoms with Gasteiger partial charge in [-0.1, -0.05) is 0 Å². The lowest BCUT2D eigenvalue weighted by atomic mass is 10.3. The van der Waals surface area contributed by atoms with E-state index in [1.54, 1.807) is 0 Å². The molecule has 0 aromatic heterocycles. The van der Waals surface area contributed by atoms with E-state index < -0.39 is 29.4 Å². The molecule has 0 aromatic rings. The van der Waals surface area contributed by atoms with Crippen molar-refractivity contribution in [1.29, 1.82) is 0 Å². The van der Waals surface area contributed by atoms with Gasteiger partial charge in [-0.2, -0.15) is 8.78 Å². The summed E-state index contributed by atoms with van der Waals surface area (Å²) in [7, 11) is 0. The van der Waals surface area contributed by atoms with Crippen molar-refractivity contribution in [3.8, 4) is 0 Å². The molecule has 0 saturated carbocycles. The fourth-order valence-corrected chi connectivity index (χ4v) is 0.679. The largest absolute Gasteiger partial charge is 0.768 e. The van der Waals surface area contributed by atoms with Crippen molar-refractivity contribution in [3.05, 3.63) is 0 Å². The van der Waals surface area contributed by atoms with Crippen LogP contribution in [0.15, 0.2) is 0 Å². The average molecular weight is 173 g/mol. The maximum absolute atomic E-state index is 12.0. The van der Waals surface area contributed by atoms with Gasteiger partial charge in [0, 0.05) is 24.1 Å². The van der Waals surface area contributed by atoms with Crippen molar-refractivity contribution in [2.24, 2.45) is 0 Å². The molecule has 6 heteroatoms. The lowest BCUT2D eigenvalue weighted by molar-refractivity contribution is 0.0705. The van der Waals surface area contributed by atoms with Gasteiger partial charge in [0.15, 0.2) is 0 Å². The zero-order valence-electron chi connectivity index (χ0n) is 5.05. The molecule has 1 atom stereocenters. The smallest absolute Gasteiger partial charge is 0.309 e. The van der Waals surface area contributed by atoms with E-state index in [0.29, 0.717) is 0 Å². The second kappa shape index (κ2) is 3.95. The standard InChI is InChI=1S/C4H8F2O3S/c5-4(6,10(8)9)2-1-3-7/h7H,1-3H2,(H,8,9)/p-1. The molecule has 0 aliphatic heterocycles. The van der Waals surface area contributed by atoms with Gasteiger partial charge < -0.3 is 9.66 Å². The molecule has 0 aliphatic carbocycles. The molecular weight excluding hydrogens is 166 g/mol. The second-order valence-corrected chi connectivity index (χ2v) is 2.77. The van der Waals surface area contributed by atoms with Crippen LogP contribution in [0, 0.1) is 0 Å². The molecular formula is C4H7F2O3S-. The minimum atomic E-state index is -3.69. The predicted molar refractivity (Wildman–Crippen MR) is 30.2 cm³/mol. The molecule has 0 aromatic carbocycles. The van der Waals surface area contributed by atoms with Gasteiger partial charge in [0.25, 0.3) is 0 Å². The van der Waals surface area contributed by atoms with Gasteiger partial charge in [-0.05, 0) is 6.42 Å². The van der Waals surface area contributed by atoms with Crippen molar-refractivity contribution in [2.45, 2.75) is 18.1 Å². The maximum atomic E-state index is 12.0. The molecule has 1 N–H and O–H groups in total. The first-order chi connectivity index (χ1) is 4.50. The molecule has 0 saturated heterocycles. The van der Waals surface area contributed by atoms with E-state index in [1.165, 1.54) is 0 Å². The Morgan fingerprint density at radius 1 is 1.60 bits per heavy atom. The summed E-state index contributed by atoms with van der Waals surface area (Å²) in [6.07, 6.45) is -1.03. The Balaban J connectivity index is 3.75. The Morgan fingerprint density at radius 3 is 2.40 bits per heavy atom. The van der Waals surface area contributed by atoms with Gasteiger partial charge in [-0.3, -0.25) is 4.21 Å². The molecule has 1 unspecified atom stereocenters. The summed E-state index contributed by atoms with van der Waals surface area (Å²) in [5, 5.41) is 4.39. The van der Waals surface area contributed by atoms with Crippen molar-refractivity contribution in [1.82, 2.24) is 0 Å². The molecule has 0 rings (SSSR count). The molecule has 0 radical (unpaired) electrons. The zero-order chi connectivity index (χ0) is 8.20. The number of hydrogen-bond donors (Lipinski definition) is 1. The number of rotatable bonds is 4. The van der Waals surface area contributed by atoms with Crippen LogP contribution < -0.4 is 0 Å². The SMILES string of the molecule is O=S([O-])C(F)(F)CCCO. The van der Waals surface area contributed by atoms with Crippen LogP contribution in [0.4, 0.5) is 8.78 Å². The quantitative estimate of drug-likeness (QED) is 0.619. The average Bonchev–Trinajstić information content (AvgIpc) is 1.84. The summed E-state index contributed by atoms with van der Waals surface area (Å²) in [5.74, 6) is 0. The fraction of sp³-hybridized carbons (Fsp3) is 1.00. The Morgan fingerprint density at radius 2 is 2.10 bits per heavy atom.